The molecule has 1 saturated heterocycles. The molecule has 1 aliphatic heterocycles. The molecule has 1 atom stereocenters. The second-order valence-corrected chi connectivity index (χ2v) is 6.34. The molecule has 2 rings (SSSR count). The molecule has 1 fully saturated rings. The van der Waals surface area contributed by atoms with Gasteiger partial charge in [0.15, 0.2) is 0 Å². The van der Waals surface area contributed by atoms with Crippen LogP contribution in [0.4, 0.5) is 5.69 Å². The van der Waals surface area contributed by atoms with Crippen LogP contribution in [0.1, 0.15) is 6.42 Å². The number of carbonyl (C=O) groups excluding carboxylic acids is 1. The summed E-state index contributed by atoms with van der Waals surface area (Å²) in [7, 11) is -0.690. The molecular formula is C12H17N3O4S. The van der Waals surface area contributed by atoms with Crippen LogP contribution in [0.2, 0.25) is 0 Å². The van der Waals surface area contributed by atoms with Crippen LogP contribution in [0.5, 0.6) is 5.75 Å². The van der Waals surface area contributed by atoms with Gasteiger partial charge in [0.25, 0.3) is 0 Å². The van der Waals surface area contributed by atoms with Gasteiger partial charge in [0.05, 0.1) is 17.7 Å². The summed E-state index contributed by atoms with van der Waals surface area (Å²) in [4.78, 5) is 13.2. The predicted molar refractivity (Wildman–Crippen MR) is 73.8 cm³/mol. The van der Waals surface area contributed by atoms with E-state index < -0.39 is 16.1 Å². The maximum Gasteiger partial charge on any atom is 0.241 e. The molecule has 1 aromatic carbocycles. The third-order valence-electron chi connectivity index (χ3n) is 3.24. The van der Waals surface area contributed by atoms with E-state index in [1.807, 2.05) is 0 Å². The summed E-state index contributed by atoms with van der Waals surface area (Å²) >= 11 is 0. The number of nitrogens with one attached hydrogen (secondary N) is 1. The van der Waals surface area contributed by atoms with Crippen LogP contribution in [0, 0.1) is 0 Å². The van der Waals surface area contributed by atoms with E-state index in [4.69, 9.17) is 10.5 Å². The molecule has 1 unspecified atom stereocenters. The van der Waals surface area contributed by atoms with Crippen LogP contribution in [0.15, 0.2) is 23.1 Å². The summed E-state index contributed by atoms with van der Waals surface area (Å²) in [5.41, 5.74) is 5.92. The molecule has 3 N–H and O–H groups in total. The lowest BCUT2D eigenvalue weighted by Crippen LogP contribution is -2.40. The van der Waals surface area contributed by atoms with Gasteiger partial charge in [0.2, 0.25) is 15.9 Å². The molecule has 1 aromatic rings. The Balaban J connectivity index is 2.23. The Kier molecular flexibility index (Phi) is 3.87. The fraction of sp³-hybridized carbons (Fsp3) is 0.417. The van der Waals surface area contributed by atoms with E-state index in [1.165, 1.54) is 30.2 Å². The molecule has 110 valence electrons. The molecule has 1 amide bonds. The number of nitrogen functional groups attached to an aromatic ring is 1. The van der Waals surface area contributed by atoms with Crippen molar-refractivity contribution in [3.63, 3.8) is 0 Å². The van der Waals surface area contributed by atoms with E-state index in [0.717, 1.165) is 0 Å². The Morgan fingerprint density at radius 3 is 2.65 bits per heavy atom. The maximum atomic E-state index is 12.2. The van der Waals surface area contributed by atoms with Gasteiger partial charge in [0.1, 0.15) is 11.8 Å². The molecule has 8 heteroatoms. The number of amides is 1. The van der Waals surface area contributed by atoms with E-state index in [9.17, 15) is 13.2 Å². The number of sulfonamides is 1. The van der Waals surface area contributed by atoms with Gasteiger partial charge in [-0.1, -0.05) is 0 Å². The minimum absolute atomic E-state index is 0.0122. The molecule has 0 aliphatic carbocycles. The normalized spacial score (nSPS) is 19.4. The number of ether oxygens (including phenoxy) is 1. The van der Waals surface area contributed by atoms with E-state index in [2.05, 4.69) is 4.72 Å². The summed E-state index contributed by atoms with van der Waals surface area (Å²) in [6.45, 7) is 0.538. The molecular weight excluding hydrogens is 282 g/mol. The number of hydrogen-bond acceptors (Lipinski definition) is 5. The molecule has 0 aromatic heterocycles. The summed E-state index contributed by atoms with van der Waals surface area (Å²) in [6, 6.07) is 3.46. The van der Waals surface area contributed by atoms with Gasteiger partial charge in [0, 0.05) is 13.6 Å². The first kappa shape index (κ1) is 14.6. The van der Waals surface area contributed by atoms with Gasteiger partial charge >= 0.3 is 0 Å². The van der Waals surface area contributed by atoms with Crippen molar-refractivity contribution in [2.24, 2.45) is 0 Å². The largest absolute Gasteiger partial charge is 0.495 e. The average molecular weight is 299 g/mol. The van der Waals surface area contributed by atoms with Crippen molar-refractivity contribution < 1.29 is 17.9 Å². The number of hydrogen-bond donors (Lipinski definition) is 2. The third-order valence-corrected chi connectivity index (χ3v) is 4.71. The van der Waals surface area contributed by atoms with Crippen LogP contribution in [-0.4, -0.2) is 46.0 Å². The molecule has 0 radical (unpaired) electrons. The van der Waals surface area contributed by atoms with Crippen LogP contribution >= 0.6 is 0 Å². The molecule has 0 saturated carbocycles. The Bertz CT molecular complexity index is 630. The Labute approximate surface area is 117 Å². The van der Waals surface area contributed by atoms with Gasteiger partial charge < -0.3 is 15.4 Å². The van der Waals surface area contributed by atoms with Crippen molar-refractivity contribution in [2.75, 3.05) is 26.4 Å². The van der Waals surface area contributed by atoms with Crippen molar-refractivity contribution >= 4 is 21.6 Å². The number of likely N-dealkylation sites (N-methyl/N-ethyl adjacent to an activating group) is 1. The van der Waals surface area contributed by atoms with Gasteiger partial charge in [-0.3, -0.25) is 4.79 Å². The van der Waals surface area contributed by atoms with Crippen molar-refractivity contribution in [1.29, 1.82) is 0 Å². The fourth-order valence-corrected chi connectivity index (χ4v) is 3.33. The zero-order chi connectivity index (χ0) is 14.9. The number of benzene rings is 1. The lowest BCUT2D eigenvalue weighted by Gasteiger charge is -2.13. The quantitative estimate of drug-likeness (QED) is 0.749. The van der Waals surface area contributed by atoms with Crippen molar-refractivity contribution in [2.45, 2.75) is 17.4 Å². The van der Waals surface area contributed by atoms with E-state index in [1.54, 1.807) is 7.05 Å². The van der Waals surface area contributed by atoms with Crippen molar-refractivity contribution in [3.8, 4) is 5.75 Å². The fourth-order valence-electron chi connectivity index (χ4n) is 2.07. The average Bonchev–Trinajstić information content (AvgIpc) is 2.70. The van der Waals surface area contributed by atoms with Gasteiger partial charge in [-0.2, -0.15) is 4.72 Å². The van der Waals surface area contributed by atoms with Gasteiger partial charge in [-0.15, -0.1) is 0 Å². The van der Waals surface area contributed by atoms with Crippen LogP contribution in [0.3, 0.4) is 0 Å². The number of nitrogens with zero attached hydrogens (tertiary/aromatic N) is 1. The minimum atomic E-state index is -3.78. The molecule has 7 nitrogen and oxygen atoms in total. The Morgan fingerprint density at radius 1 is 1.45 bits per heavy atom. The molecule has 1 heterocycles. The summed E-state index contributed by atoms with van der Waals surface area (Å²) in [5.74, 6) is 0.177. The van der Waals surface area contributed by atoms with Crippen LogP contribution < -0.4 is 15.2 Å². The van der Waals surface area contributed by atoms with E-state index in [0.29, 0.717) is 18.7 Å². The van der Waals surface area contributed by atoms with Crippen LogP contribution in [0.25, 0.3) is 0 Å². The smallest absolute Gasteiger partial charge is 0.241 e. The summed E-state index contributed by atoms with van der Waals surface area (Å²) in [5, 5.41) is 0. The topological polar surface area (TPSA) is 102 Å². The summed E-state index contributed by atoms with van der Waals surface area (Å²) < 4.78 is 31.8. The number of methoxy groups -OCH3 is 1. The number of carbonyl (C=O) groups is 1. The number of anilines is 1. The van der Waals surface area contributed by atoms with Crippen molar-refractivity contribution in [3.05, 3.63) is 18.2 Å². The van der Waals surface area contributed by atoms with E-state index in [-0.39, 0.29) is 16.5 Å². The minimum Gasteiger partial charge on any atom is -0.495 e. The first-order valence-corrected chi connectivity index (χ1v) is 7.54. The van der Waals surface area contributed by atoms with Gasteiger partial charge in [-0.25, -0.2) is 8.42 Å². The lowest BCUT2D eigenvalue weighted by atomic mass is 10.3. The third kappa shape index (κ3) is 2.70. The first-order valence-electron chi connectivity index (χ1n) is 6.06. The van der Waals surface area contributed by atoms with Crippen LogP contribution in [-0.2, 0) is 14.8 Å². The molecule has 20 heavy (non-hydrogen) atoms. The standard InChI is InChI=1S/C12H17N3O4S/c1-15-6-5-10(12(15)16)14-20(17,18)8-3-4-11(19-2)9(13)7-8/h3-4,7,10,14H,5-6,13H2,1-2H3. The molecule has 0 bridgehead atoms. The number of likely N-dealkylation sites (tertiary alicyclic amines) is 1. The predicted octanol–water partition coefficient (Wildman–Crippen LogP) is -0.214. The van der Waals surface area contributed by atoms with Gasteiger partial charge in [-0.05, 0) is 24.6 Å². The Hall–Kier alpha value is -1.80. The first-order chi connectivity index (χ1) is 9.35. The second-order valence-electron chi connectivity index (χ2n) is 4.63. The highest BCUT2D eigenvalue weighted by Gasteiger charge is 2.33. The maximum absolute atomic E-state index is 12.2. The van der Waals surface area contributed by atoms with Crippen molar-refractivity contribution in [1.82, 2.24) is 9.62 Å². The zero-order valence-electron chi connectivity index (χ0n) is 11.3. The monoisotopic (exact) mass is 299 g/mol. The highest BCUT2D eigenvalue weighted by molar-refractivity contribution is 7.89. The molecule has 1 aliphatic rings. The highest BCUT2D eigenvalue weighted by Crippen LogP contribution is 2.24. The highest BCUT2D eigenvalue weighted by atomic mass is 32.2. The zero-order valence-corrected chi connectivity index (χ0v) is 12.1. The number of rotatable bonds is 4. The number of nitrogens with two attached hydrogens (primary N) is 1. The molecule has 0 spiro atoms. The Morgan fingerprint density at radius 2 is 2.15 bits per heavy atom. The second kappa shape index (κ2) is 5.29. The van der Waals surface area contributed by atoms with E-state index >= 15 is 0 Å². The SMILES string of the molecule is COc1ccc(S(=O)(=O)NC2CCN(C)C2=O)cc1N. The summed E-state index contributed by atoms with van der Waals surface area (Å²) in [6.07, 6.45) is 0.459. The lowest BCUT2D eigenvalue weighted by molar-refractivity contribution is -0.127.